The van der Waals surface area contributed by atoms with Crippen molar-refractivity contribution in [1.29, 1.82) is 0 Å². The molecule has 26 heavy (non-hydrogen) atoms. The van der Waals surface area contributed by atoms with E-state index in [4.69, 9.17) is 23.2 Å². The van der Waals surface area contributed by atoms with Crippen LogP contribution in [0.2, 0.25) is 10.3 Å². The number of aliphatic hydroxyl groups excluding tert-OH is 1. The molecule has 2 aliphatic rings. The molecule has 0 spiro atoms. The Kier molecular flexibility index (Phi) is 8.08. The van der Waals surface area contributed by atoms with Crippen LogP contribution in [0, 0.1) is 0 Å². The molecule has 4 rings (SSSR count). The van der Waals surface area contributed by atoms with Crippen molar-refractivity contribution in [3.63, 3.8) is 0 Å². The van der Waals surface area contributed by atoms with Gasteiger partial charge in [-0.05, 0) is 60.9 Å². The summed E-state index contributed by atoms with van der Waals surface area (Å²) in [6.07, 6.45) is 12.4. The largest absolute Gasteiger partial charge is 0.392 e. The monoisotopic (exact) mass is 392 g/mol. The van der Waals surface area contributed by atoms with Gasteiger partial charge in [-0.3, -0.25) is 0 Å². The second kappa shape index (κ2) is 10.1. The Morgan fingerprint density at radius 3 is 2.15 bits per heavy atom. The molecule has 5 heteroatoms. The molecule has 0 bridgehead atoms. The minimum atomic E-state index is -0.192. The van der Waals surface area contributed by atoms with Crippen molar-refractivity contribution in [2.45, 2.75) is 58.0 Å². The molecular formula is C21H26Cl2N2O. The molecule has 1 fully saturated rings. The molecule has 1 saturated carbocycles. The van der Waals surface area contributed by atoms with Crippen molar-refractivity contribution in [3.05, 3.63) is 64.2 Å². The van der Waals surface area contributed by atoms with E-state index in [2.05, 4.69) is 16.0 Å². The lowest BCUT2D eigenvalue weighted by atomic mass is 9.98. The van der Waals surface area contributed by atoms with Gasteiger partial charge in [0, 0.05) is 18.3 Å². The molecule has 2 unspecified atom stereocenters. The minimum absolute atomic E-state index is 0. The van der Waals surface area contributed by atoms with E-state index in [9.17, 15) is 5.11 Å². The van der Waals surface area contributed by atoms with Crippen LogP contribution in [0.25, 0.3) is 5.57 Å². The van der Waals surface area contributed by atoms with Gasteiger partial charge in [-0.25, -0.2) is 9.97 Å². The number of hydrogen-bond donors (Lipinski definition) is 1. The van der Waals surface area contributed by atoms with Crippen molar-refractivity contribution in [2.75, 3.05) is 0 Å². The number of pyridine rings is 2. The van der Waals surface area contributed by atoms with E-state index in [1.54, 1.807) is 12.3 Å². The standard InChI is InChI=1S/C10H12ClNO.C10H10ClN.CH4/c11-10-5-4-7(6-12-10)8-2-1-3-9(8)13;11-10-6-5-9(7-12-10)8-3-1-2-4-8;/h4-6,8-9,13H,1-3H2;3,5-7H,1-2,4H2;1H4. The minimum Gasteiger partial charge on any atom is -0.392 e. The van der Waals surface area contributed by atoms with Crippen LogP contribution in [0.1, 0.15) is 63.0 Å². The summed E-state index contributed by atoms with van der Waals surface area (Å²) >= 11 is 11.4. The van der Waals surface area contributed by atoms with Crippen LogP contribution in [0.5, 0.6) is 0 Å². The third-order valence-corrected chi connectivity index (χ3v) is 5.24. The van der Waals surface area contributed by atoms with Gasteiger partial charge in [-0.1, -0.05) is 55.3 Å². The van der Waals surface area contributed by atoms with Crippen LogP contribution in [0.4, 0.5) is 0 Å². The third kappa shape index (κ3) is 5.54. The average Bonchev–Trinajstić information content (AvgIpc) is 3.29. The first-order valence-electron chi connectivity index (χ1n) is 8.74. The third-order valence-electron chi connectivity index (χ3n) is 4.80. The molecule has 140 valence electrons. The average molecular weight is 393 g/mol. The lowest BCUT2D eigenvalue weighted by Crippen LogP contribution is -2.10. The molecule has 0 aromatic carbocycles. The Morgan fingerprint density at radius 2 is 1.65 bits per heavy atom. The molecule has 0 radical (unpaired) electrons. The van der Waals surface area contributed by atoms with Crippen LogP contribution in [-0.4, -0.2) is 21.2 Å². The maximum atomic E-state index is 9.65. The van der Waals surface area contributed by atoms with Gasteiger partial charge < -0.3 is 5.11 Å². The first-order chi connectivity index (χ1) is 12.1. The lowest BCUT2D eigenvalue weighted by Gasteiger charge is -2.13. The van der Waals surface area contributed by atoms with Gasteiger partial charge in [0.25, 0.3) is 0 Å². The van der Waals surface area contributed by atoms with Crippen LogP contribution in [0.15, 0.2) is 42.7 Å². The predicted molar refractivity (Wildman–Crippen MR) is 110 cm³/mol. The van der Waals surface area contributed by atoms with Gasteiger partial charge in [-0.2, -0.15) is 0 Å². The fourth-order valence-electron chi connectivity index (χ4n) is 3.43. The molecule has 2 aromatic heterocycles. The van der Waals surface area contributed by atoms with E-state index in [-0.39, 0.29) is 19.4 Å². The highest BCUT2D eigenvalue weighted by molar-refractivity contribution is 6.29. The Morgan fingerprint density at radius 1 is 0.923 bits per heavy atom. The normalized spacial score (nSPS) is 21.4. The van der Waals surface area contributed by atoms with Crippen LogP contribution in [-0.2, 0) is 0 Å². The number of aromatic nitrogens is 2. The highest BCUT2D eigenvalue weighted by Crippen LogP contribution is 2.34. The molecular weight excluding hydrogens is 367 g/mol. The van der Waals surface area contributed by atoms with E-state index in [1.165, 1.54) is 30.4 Å². The smallest absolute Gasteiger partial charge is 0.129 e. The summed E-state index contributed by atoms with van der Waals surface area (Å²) in [5.41, 5.74) is 3.74. The predicted octanol–water partition coefficient (Wildman–Crippen LogP) is 6.30. The van der Waals surface area contributed by atoms with Crippen molar-refractivity contribution in [2.24, 2.45) is 0 Å². The zero-order valence-corrected chi connectivity index (χ0v) is 15.5. The fourth-order valence-corrected chi connectivity index (χ4v) is 3.66. The maximum absolute atomic E-state index is 9.65. The Bertz CT molecular complexity index is 714. The van der Waals surface area contributed by atoms with Crippen molar-refractivity contribution in [1.82, 2.24) is 9.97 Å². The fraction of sp³-hybridized carbons (Fsp3) is 0.429. The summed E-state index contributed by atoms with van der Waals surface area (Å²) in [4.78, 5) is 8.06. The van der Waals surface area contributed by atoms with Crippen LogP contribution >= 0.6 is 23.2 Å². The summed E-state index contributed by atoms with van der Waals surface area (Å²) in [5, 5.41) is 10.7. The highest BCUT2D eigenvalue weighted by Gasteiger charge is 2.26. The number of nitrogens with zero attached hydrogens (tertiary/aromatic N) is 2. The SMILES string of the molecule is C.Clc1ccc(C2=CCCC2)cn1.OC1CCCC1c1ccc(Cl)nc1. The van der Waals surface area contributed by atoms with E-state index in [1.807, 2.05) is 24.4 Å². The number of rotatable bonds is 2. The number of allylic oxidation sites excluding steroid dienone is 2. The summed E-state index contributed by atoms with van der Waals surface area (Å²) in [6.45, 7) is 0. The summed E-state index contributed by atoms with van der Waals surface area (Å²) in [6, 6.07) is 7.61. The molecule has 0 aliphatic heterocycles. The lowest BCUT2D eigenvalue weighted by molar-refractivity contribution is 0.163. The summed E-state index contributed by atoms with van der Waals surface area (Å²) in [7, 11) is 0. The highest BCUT2D eigenvalue weighted by atomic mass is 35.5. The first kappa shape index (κ1) is 20.9. The van der Waals surface area contributed by atoms with Gasteiger partial charge in [0.05, 0.1) is 6.10 Å². The molecule has 0 amide bonds. The van der Waals surface area contributed by atoms with Crippen LogP contribution < -0.4 is 0 Å². The Labute approximate surface area is 166 Å². The van der Waals surface area contributed by atoms with Crippen molar-refractivity contribution >= 4 is 28.8 Å². The molecule has 2 aliphatic carbocycles. The Hall–Kier alpha value is -1.42. The first-order valence-corrected chi connectivity index (χ1v) is 9.49. The summed E-state index contributed by atoms with van der Waals surface area (Å²) < 4.78 is 0. The second-order valence-electron chi connectivity index (χ2n) is 6.51. The number of hydrogen-bond acceptors (Lipinski definition) is 3. The zero-order valence-electron chi connectivity index (χ0n) is 14.0. The Balaban J connectivity index is 0.000000180. The topological polar surface area (TPSA) is 46.0 Å². The quantitative estimate of drug-likeness (QED) is 0.609. The summed E-state index contributed by atoms with van der Waals surface area (Å²) in [5.74, 6) is 0.268. The van der Waals surface area contributed by atoms with Gasteiger partial charge in [-0.15, -0.1) is 0 Å². The van der Waals surface area contributed by atoms with E-state index < -0.39 is 0 Å². The van der Waals surface area contributed by atoms with Gasteiger partial charge in [0.1, 0.15) is 10.3 Å². The number of halogens is 2. The van der Waals surface area contributed by atoms with Crippen molar-refractivity contribution in [3.8, 4) is 0 Å². The van der Waals surface area contributed by atoms with E-state index in [0.717, 1.165) is 24.8 Å². The van der Waals surface area contributed by atoms with Crippen LogP contribution in [0.3, 0.4) is 0 Å². The van der Waals surface area contributed by atoms with Gasteiger partial charge in [0.15, 0.2) is 0 Å². The van der Waals surface area contributed by atoms with E-state index >= 15 is 0 Å². The maximum Gasteiger partial charge on any atom is 0.129 e. The zero-order chi connectivity index (χ0) is 17.6. The second-order valence-corrected chi connectivity index (χ2v) is 7.28. The molecule has 2 atom stereocenters. The van der Waals surface area contributed by atoms with Gasteiger partial charge >= 0.3 is 0 Å². The number of aliphatic hydroxyl groups is 1. The molecule has 0 saturated heterocycles. The van der Waals surface area contributed by atoms with Gasteiger partial charge in [0.2, 0.25) is 0 Å². The molecule has 2 heterocycles. The van der Waals surface area contributed by atoms with Crippen molar-refractivity contribution < 1.29 is 5.11 Å². The molecule has 3 nitrogen and oxygen atoms in total. The van der Waals surface area contributed by atoms with E-state index in [0.29, 0.717) is 10.3 Å². The molecule has 1 N–H and O–H groups in total. The molecule has 2 aromatic rings.